The Hall–Kier alpha value is -3.09. The van der Waals surface area contributed by atoms with Crippen molar-refractivity contribution in [2.45, 2.75) is 43.9 Å². The standard InChI is InChI=1S/C27H32N2O9S/c1-5-9-39-10-13-12-7-6-8-14(31)15(12)21(32)17-16(13)23(38-11(2)30)19-20(29(3)4)22(33)18(26(28)36)25(35)27(19,37)24(17)34/h6-8,13,16-20,23,31,37H,5,9-10H2,1-4H3,(H2,28,36)/t13-,16+,17?,18?,19+,20-,23-,27-/m1/s1. The fraction of sp³-hybridized carbons (Fsp3) is 0.556. The molecule has 39 heavy (non-hydrogen) atoms. The number of aliphatic hydroxyl groups is 1. The third kappa shape index (κ3) is 4.29. The number of esters is 1. The van der Waals surface area contributed by atoms with Crippen molar-refractivity contribution in [3.05, 3.63) is 29.3 Å². The monoisotopic (exact) mass is 560 g/mol. The number of fused-ring (bicyclic) bond motifs is 3. The van der Waals surface area contributed by atoms with Gasteiger partial charge in [-0.2, -0.15) is 11.8 Å². The Morgan fingerprint density at radius 1 is 1.15 bits per heavy atom. The van der Waals surface area contributed by atoms with E-state index in [0.717, 1.165) is 19.1 Å². The smallest absolute Gasteiger partial charge is 0.302 e. The number of hydrogen-bond acceptors (Lipinski definition) is 11. The summed E-state index contributed by atoms with van der Waals surface area (Å²) in [6.45, 7) is 3.10. The lowest BCUT2D eigenvalue weighted by molar-refractivity contribution is -0.204. The van der Waals surface area contributed by atoms with E-state index in [1.54, 1.807) is 12.1 Å². The van der Waals surface area contributed by atoms with Crippen molar-refractivity contribution in [3.8, 4) is 5.75 Å². The topological polar surface area (TPSA) is 181 Å². The summed E-state index contributed by atoms with van der Waals surface area (Å²) in [5.41, 5.74) is 2.69. The minimum atomic E-state index is -3.03. The average molecular weight is 561 g/mol. The van der Waals surface area contributed by atoms with E-state index >= 15 is 0 Å². The molecule has 4 rings (SSSR count). The molecule has 2 saturated carbocycles. The van der Waals surface area contributed by atoms with Crippen molar-refractivity contribution in [1.82, 2.24) is 4.90 Å². The lowest BCUT2D eigenvalue weighted by atomic mass is 9.49. The second-order valence-electron chi connectivity index (χ2n) is 10.6. The van der Waals surface area contributed by atoms with Crippen LogP contribution in [-0.4, -0.2) is 93.5 Å². The summed E-state index contributed by atoms with van der Waals surface area (Å²) in [6.07, 6.45) is -0.595. The number of amides is 1. The number of ether oxygens (including phenoxy) is 1. The van der Waals surface area contributed by atoms with Crippen LogP contribution >= 0.6 is 11.8 Å². The van der Waals surface area contributed by atoms with E-state index in [1.165, 1.54) is 36.8 Å². The number of hydrogen-bond donors (Lipinski definition) is 3. The number of nitrogens with zero attached hydrogens (tertiary/aromatic N) is 1. The van der Waals surface area contributed by atoms with Gasteiger partial charge in [-0.15, -0.1) is 0 Å². The van der Waals surface area contributed by atoms with Gasteiger partial charge in [0.1, 0.15) is 11.9 Å². The van der Waals surface area contributed by atoms with E-state index in [2.05, 4.69) is 0 Å². The molecule has 1 aromatic rings. The molecule has 0 bridgehead atoms. The third-order valence-corrected chi connectivity index (χ3v) is 9.36. The van der Waals surface area contributed by atoms with Crippen molar-refractivity contribution >= 4 is 46.8 Å². The first-order chi connectivity index (χ1) is 18.3. The second-order valence-corrected chi connectivity index (χ2v) is 11.7. The molecule has 8 atom stereocenters. The van der Waals surface area contributed by atoms with Crippen molar-refractivity contribution in [2.75, 3.05) is 25.6 Å². The summed E-state index contributed by atoms with van der Waals surface area (Å²) in [5, 5.41) is 22.6. The maximum atomic E-state index is 14.2. The van der Waals surface area contributed by atoms with Gasteiger partial charge in [0.25, 0.3) is 0 Å². The van der Waals surface area contributed by atoms with Gasteiger partial charge in [0.2, 0.25) is 5.91 Å². The Labute approximate surface area is 229 Å². The largest absolute Gasteiger partial charge is 0.507 e. The minimum Gasteiger partial charge on any atom is -0.507 e. The van der Waals surface area contributed by atoms with Gasteiger partial charge in [0, 0.05) is 24.5 Å². The summed E-state index contributed by atoms with van der Waals surface area (Å²) in [7, 11) is 2.93. The quantitative estimate of drug-likeness (QED) is 0.234. The molecule has 2 fully saturated rings. The summed E-state index contributed by atoms with van der Waals surface area (Å²) in [4.78, 5) is 81.2. The number of carbonyl (C=O) groups excluding carboxylic acids is 6. The second kappa shape index (κ2) is 10.5. The molecule has 2 unspecified atom stereocenters. The number of Topliss-reactive ketones (excluding diaryl/α,β-unsaturated/α-hetero) is 4. The fourth-order valence-electron chi connectivity index (χ4n) is 6.63. The SMILES string of the molecule is CCCSC[C@@H]1c2cccc(O)c2C(=O)C2C(=O)[C@@]3(O)C(=O)C(C(N)=O)C(=O)[C@H](N(C)C)[C@H]3[C@H](OC(C)=O)[C@H]21. The predicted molar refractivity (Wildman–Crippen MR) is 139 cm³/mol. The lowest BCUT2D eigenvalue weighted by Gasteiger charge is -2.56. The molecule has 12 heteroatoms. The molecule has 4 N–H and O–H groups in total. The number of rotatable bonds is 7. The Morgan fingerprint density at radius 2 is 1.82 bits per heavy atom. The normalized spacial score (nSPS) is 33.8. The van der Waals surface area contributed by atoms with E-state index in [-0.39, 0.29) is 11.3 Å². The van der Waals surface area contributed by atoms with Crippen LogP contribution in [0.2, 0.25) is 0 Å². The van der Waals surface area contributed by atoms with Crippen LogP contribution in [0.3, 0.4) is 0 Å². The lowest BCUT2D eigenvalue weighted by Crippen LogP contribution is -2.78. The van der Waals surface area contributed by atoms with Crippen LogP contribution in [0.1, 0.15) is 42.1 Å². The zero-order chi connectivity index (χ0) is 29.0. The molecule has 0 spiro atoms. The number of ketones is 4. The summed E-state index contributed by atoms with van der Waals surface area (Å²) in [5.74, 6) is -12.9. The molecule has 0 saturated heterocycles. The minimum absolute atomic E-state index is 0.104. The first-order valence-corrected chi connectivity index (χ1v) is 13.9. The number of benzene rings is 1. The van der Waals surface area contributed by atoms with Gasteiger partial charge < -0.3 is 20.7 Å². The molecule has 3 aliphatic rings. The van der Waals surface area contributed by atoms with Crippen LogP contribution in [0.15, 0.2) is 18.2 Å². The highest BCUT2D eigenvalue weighted by Crippen LogP contribution is 2.56. The molecular formula is C27H32N2O9S. The van der Waals surface area contributed by atoms with Crippen LogP contribution < -0.4 is 5.73 Å². The number of nitrogens with two attached hydrogens (primary N) is 1. The molecule has 0 heterocycles. The fourth-order valence-corrected chi connectivity index (χ4v) is 7.74. The van der Waals surface area contributed by atoms with Crippen LogP contribution in [0.5, 0.6) is 5.75 Å². The highest BCUT2D eigenvalue weighted by molar-refractivity contribution is 7.99. The molecule has 1 amide bonds. The summed E-state index contributed by atoms with van der Waals surface area (Å²) in [6, 6.07) is 3.11. The van der Waals surface area contributed by atoms with Gasteiger partial charge in [-0.1, -0.05) is 19.1 Å². The van der Waals surface area contributed by atoms with E-state index in [1.807, 2.05) is 6.92 Å². The number of likely N-dealkylation sites (N-methyl/N-ethyl adjacent to an activating group) is 1. The molecule has 3 aliphatic carbocycles. The van der Waals surface area contributed by atoms with Crippen LogP contribution in [0.25, 0.3) is 0 Å². The van der Waals surface area contributed by atoms with Crippen LogP contribution in [0, 0.1) is 23.7 Å². The van der Waals surface area contributed by atoms with E-state index in [0.29, 0.717) is 11.3 Å². The van der Waals surface area contributed by atoms with Gasteiger partial charge in [0.15, 0.2) is 34.7 Å². The first kappa shape index (κ1) is 28.9. The number of primary amides is 1. The van der Waals surface area contributed by atoms with Gasteiger partial charge in [-0.25, -0.2) is 0 Å². The first-order valence-electron chi connectivity index (χ1n) is 12.7. The number of thioether (sulfide) groups is 1. The van der Waals surface area contributed by atoms with E-state index in [4.69, 9.17) is 10.5 Å². The number of phenolic OH excluding ortho intramolecular Hbond substituents is 1. The maximum Gasteiger partial charge on any atom is 0.302 e. The molecule has 11 nitrogen and oxygen atoms in total. The van der Waals surface area contributed by atoms with Crippen molar-refractivity contribution in [3.63, 3.8) is 0 Å². The van der Waals surface area contributed by atoms with E-state index < -0.39 is 82.3 Å². The highest BCUT2D eigenvalue weighted by Gasteiger charge is 2.74. The van der Waals surface area contributed by atoms with Crippen molar-refractivity contribution < 1.29 is 43.7 Å². The Kier molecular flexibility index (Phi) is 7.76. The van der Waals surface area contributed by atoms with Crippen LogP contribution in [0.4, 0.5) is 0 Å². The molecule has 0 aromatic heterocycles. The number of phenols is 1. The zero-order valence-corrected chi connectivity index (χ0v) is 22.9. The van der Waals surface area contributed by atoms with Crippen molar-refractivity contribution in [2.24, 2.45) is 29.4 Å². The number of carbonyl (C=O) groups is 6. The summed E-state index contributed by atoms with van der Waals surface area (Å²) >= 11 is 1.54. The van der Waals surface area contributed by atoms with Crippen LogP contribution in [-0.2, 0) is 28.7 Å². The van der Waals surface area contributed by atoms with Gasteiger partial charge >= 0.3 is 5.97 Å². The third-order valence-electron chi connectivity index (χ3n) is 8.07. The molecule has 210 valence electrons. The maximum absolute atomic E-state index is 14.2. The predicted octanol–water partition coefficient (Wildman–Crippen LogP) is 0.0929. The van der Waals surface area contributed by atoms with E-state index in [9.17, 15) is 39.0 Å². The van der Waals surface area contributed by atoms with Crippen molar-refractivity contribution in [1.29, 1.82) is 0 Å². The zero-order valence-electron chi connectivity index (χ0n) is 22.1. The number of aromatic hydroxyl groups is 1. The average Bonchev–Trinajstić information content (AvgIpc) is 2.84. The Balaban J connectivity index is 2.02. The Morgan fingerprint density at radius 3 is 2.38 bits per heavy atom. The Bertz CT molecular complexity index is 1260. The molecule has 0 radical (unpaired) electrons. The molecular weight excluding hydrogens is 528 g/mol. The van der Waals surface area contributed by atoms with Gasteiger partial charge in [0.05, 0.1) is 23.4 Å². The van der Waals surface area contributed by atoms with Gasteiger partial charge in [-0.05, 0) is 37.9 Å². The molecule has 1 aromatic carbocycles. The highest BCUT2D eigenvalue weighted by atomic mass is 32.2. The molecule has 0 aliphatic heterocycles. The summed E-state index contributed by atoms with van der Waals surface area (Å²) < 4.78 is 5.72. The van der Waals surface area contributed by atoms with Gasteiger partial charge in [-0.3, -0.25) is 33.7 Å².